The average molecular weight is 281 g/mol. The van der Waals surface area contributed by atoms with Crippen LogP contribution in [0.2, 0.25) is 0 Å². The van der Waals surface area contributed by atoms with Gasteiger partial charge in [-0.25, -0.2) is 0 Å². The minimum atomic E-state index is 0.484. The molecule has 0 aromatic carbocycles. The van der Waals surface area contributed by atoms with E-state index >= 15 is 0 Å². The van der Waals surface area contributed by atoms with Crippen LogP contribution < -0.4 is 5.32 Å². The van der Waals surface area contributed by atoms with Crippen molar-refractivity contribution < 1.29 is 4.42 Å². The van der Waals surface area contributed by atoms with Gasteiger partial charge in [-0.1, -0.05) is 13.8 Å². The van der Waals surface area contributed by atoms with Crippen LogP contribution in [0.1, 0.15) is 37.4 Å². The minimum Gasteiger partial charge on any atom is -0.465 e. The first-order valence-electron chi connectivity index (χ1n) is 7.53. The Morgan fingerprint density at radius 3 is 2.50 bits per heavy atom. The monoisotopic (exact) mass is 281 g/mol. The van der Waals surface area contributed by atoms with Gasteiger partial charge in [-0.15, -0.1) is 0 Å². The molecule has 0 aliphatic rings. The molecule has 0 amide bonds. The fraction of sp³-hybridized carbons (Fsp3) is 0.750. The van der Waals surface area contributed by atoms with Gasteiger partial charge in [0.05, 0.1) is 6.54 Å². The summed E-state index contributed by atoms with van der Waals surface area (Å²) in [6.45, 7) is 10.4. The van der Waals surface area contributed by atoms with Gasteiger partial charge in [-0.3, -0.25) is 0 Å². The molecule has 116 valence electrons. The van der Waals surface area contributed by atoms with Crippen molar-refractivity contribution in [1.29, 1.82) is 0 Å². The van der Waals surface area contributed by atoms with Gasteiger partial charge in [-0.2, -0.15) is 0 Å². The summed E-state index contributed by atoms with van der Waals surface area (Å²) >= 11 is 0. The van der Waals surface area contributed by atoms with E-state index in [-0.39, 0.29) is 0 Å². The highest BCUT2D eigenvalue weighted by Gasteiger charge is 2.10. The zero-order valence-electron chi connectivity index (χ0n) is 14.0. The Kier molecular flexibility index (Phi) is 7.27. The third-order valence-corrected chi connectivity index (χ3v) is 3.34. The number of furan rings is 1. The van der Waals surface area contributed by atoms with Crippen LogP contribution in [0.4, 0.5) is 0 Å². The van der Waals surface area contributed by atoms with Gasteiger partial charge in [0.15, 0.2) is 0 Å². The van der Waals surface area contributed by atoms with E-state index in [1.807, 2.05) is 0 Å². The maximum Gasteiger partial charge on any atom is 0.118 e. The zero-order chi connectivity index (χ0) is 15.1. The van der Waals surface area contributed by atoms with Crippen LogP contribution >= 0.6 is 0 Å². The van der Waals surface area contributed by atoms with E-state index in [4.69, 9.17) is 4.42 Å². The molecule has 1 heterocycles. The van der Waals surface area contributed by atoms with Crippen molar-refractivity contribution in [3.8, 4) is 0 Å². The van der Waals surface area contributed by atoms with Crippen molar-refractivity contribution in [3.05, 3.63) is 23.2 Å². The Labute approximate surface area is 124 Å². The van der Waals surface area contributed by atoms with Gasteiger partial charge in [0.1, 0.15) is 11.5 Å². The molecule has 0 aliphatic heterocycles. The molecule has 0 unspecified atom stereocenters. The molecule has 4 nitrogen and oxygen atoms in total. The highest BCUT2D eigenvalue weighted by Crippen LogP contribution is 2.16. The quantitative estimate of drug-likeness (QED) is 0.753. The molecule has 0 spiro atoms. The summed E-state index contributed by atoms with van der Waals surface area (Å²) in [5, 5.41) is 3.39. The van der Waals surface area contributed by atoms with Crippen molar-refractivity contribution >= 4 is 0 Å². The number of nitrogens with zero attached hydrogens (tertiary/aromatic N) is 2. The second-order valence-corrected chi connectivity index (χ2v) is 6.22. The van der Waals surface area contributed by atoms with Crippen LogP contribution in [-0.2, 0) is 13.1 Å². The second-order valence-electron chi connectivity index (χ2n) is 6.22. The minimum absolute atomic E-state index is 0.484. The van der Waals surface area contributed by atoms with E-state index in [1.165, 1.54) is 12.0 Å². The Hall–Kier alpha value is -0.840. The molecule has 0 radical (unpaired) electrons. The summed E-state index contributed by atoms with van der Waals surface area (Å²) < 4.78 is 5.81. The second kappa shape index (κ2) is 8.45. The maximum absolute atomic E-state index is 5.81. The molecular weight excluding hydrogens is 250 g/mol. The van der Waals surface area contributed by atoms with Crippen molar-refractivity contribution in [1.82, 2.24) is 15.1 Å². The first kappa shape index (κ1) is 17.2. The topological polar surface area (TPSA) is 31.7 Å². The van der Waals surface area contributed by atoms with E-state index in [2.05, 4.69) is 63.1 Å². The number of hydrogen-bond donors (Lipinski definition) is 1. The largest absolute Gasteiger partial charge is 0.465 e. The Morgan fingerprint density at radius 2 is 1.90 bits per heavy atom. The van der Waals surface area contributed by atoms with Crippen LogP contribution in [0.15, 0.2) is 10.5 Å². The third-order valence-electron chi connectivity index (χ3n) is 3.34. The van der Waals surface area contributed by atoms with Crippen LogP contribution in [0.3, 0.4) is 0 Å². The number of aryl methyl sites for hydroxylation is 1. The van der Waals surface area contributed by atoms with E-state index < -0.39 is 0 Å². The van der Waals surface area contributed by atoms with Crippen molar-refractivity contribution in [2.24, 2.45) is 0 Å². The number of hydrogen-bond acceptors (Lipinski definition) is 4. The highest BCUT2D eigenvalue weighted by atomic mass is 16.3. The lowest BCUT2D eigenvalue weighted by molar-refractivity contribution is 0.293. The highest BCUT2D eigenvalue weighted by molar-refractivity contribution is 5.20. The van der Waals surface area contributed by atoms with Gasteiger partial charge in [0.2, 0.25) is 0 Å². The fourth-order valence-electron chi connectivity index (χ4n) is 2.16. The van der Waals surface area contributed by atoms with Crippen LogP contribution in [0.5, 0.6) is 0 Å². The predicted octanol–water partition coefficient (Wildman–Crippen LogP) is 2.47. The SMILES string of the molecule is Cc1oc(CNC(C)C)cc1CN(C)CCCN(C)C. The molecule has 0 saturated heterocycles. The van der Waals surface area contributed by atoms with Crippen LogP contribution in [0.25, 0.3) is 0 Å². The molecule has 0 bridgehead atoms. The third kappa shape index (κ3) is 6.55. The lowest BCUT2D eigenvalue weighted by atomic mass is 10.2. The van der Waals surface area contributed by atoms with Gasteiger partial charge >= 0.3 is 0 Å². The maximum atomic E-state index is 5.81. The molecular formula is C16H31N3O. The summed E-state index contributed by atoms with van der Waals surface area (Å²) in [5.41, 5.74) is 1.30. The van der Waals surface area contributed by atoms with Gasteiger partial charge in [0, 0.05) is 18.2 Å². The van der Waals surface area contributed by atoms with Crippen molar-refractivity contribution in [2.45, 2.75) is 46.3 Å². The molecule has 1 aromatic heterocycles. The van der Waals surface area contributed by atoms with Crippen LogP contribution in [0, 0.1) is 6.92 Å². The smallest absolute Gasteiger partial charge is 0.118 e. The molecule has 20 heavy (non-hydrogen) atoms. The summed E-state index contributed by atoms with van der Waals surface area (Å²) in [5.74, 6) is 2.08. The Balaban J connectivity index is 2.42. The van der Waals surface area contributed by atoms with E-state index in [1.54, 1.807) is 0 Å². The molecule has 0 saturated carbocycles. The van der Waals surface area contributed by atoms with E-state index in [0.29, 0.717) is 6.04 Å². The van der Waals surface area contributed by atoms with Gasteiger partial charge < -0.3 is 19.5 Å². The van der Waals surface area contributed by atoms with Crippen molar-refractivity contribution in [2.75, 3.05) is 34.2 Å². The molecule has 1 rings (SSSR count). The fourth-order valence-corrected chi connectivity index (χ4v) is 2.16. The molecule has 1 N–H and O–H groups in total. The number of rotatable bonds is 9. The van der Waals surface area contributed by atoms with Crippen LogP contribution in [-0.4, -0.2) is 50.1 Å². The van der Waals surface area contributed by atoms with Gasteiger partial charge in [0.25, 0.3) is 0 Å². The summed E-state index contributed by atoms with van der Waals surface area (Å²) in [4.78, 5) is 4.59. The molecule has 0 aliphatic carbocycles. The van der Waals surface area contributed by atoms with Crippen molar-refractivity contribution in [3.63, 3.8) is 0 Å². The molecule has 1 aromatic rings. The Bertz CT molecular complexity index is 385. The van der Waals surface area contributed by atoms with E-state index in [9.17, 15) is 0 Å². The van der Waals surface area contributed by atoms with E-state index in [0.717, 1.165) is 37.7 Å². The first-order valence-corrected chi connectivity index (χ1v) is 7.53. The molecule has 4 heteroatoms. The molecule has 0 atom stereocenters. The summed E-state index contributed by atoms with van der Waals surface area (Å²) in [6.07, 6.45) is 1.20. The Morgan fingerprint density at radius 1 is 1.20 bits per heavy atom. The standard InChI is InChI=1S/C16H31N3O/c1-13(2)17-11-16-10-15(14(3)20-16)12-19(6)9-7-8-18(4)5/h10,13,17H,7-9,11-12H2,1-6H3. The molecule has 0 fully saturated rings. The zero-order valence-corrected chi connectivity index (χ0v) is 14.0. The first-order chi connectivity index (χ1) is 9.38. The van der Waals surface area contributed by atoms with Gasteiger partial charge in [-0.05, 0) is 53.6 Å². The predicted molar refractivity (Wildman–Crippen MR) is 84.9 cm³/mol. The number of nitrogens with one attached hydrogen (secondary N) is 1. The normalized spacial score (nSPS) is 12.1. The summed E-state index contributed by atoms with van der Waals surface area (Å²) in [6, 6.07) is 2.67. The summed E-state index contributed by atoms with van der Waals surface area (Å²) in [7, 11) is 6.41. The average Bonchev–Trinajstić information content (AvgIpc) is 2.67. The lowest BCUT2D eigenvalue weighted by Gasteiger charge is -2.17. The lowest BCUT2D eigenvalue weighted by Crippen LogP contribution is -2.23.